The molecule has 24 heavy (non-hydrogen) atoms. The van der Waals surface area contributed by atoms with E-state index in [0.717, 1.165) is 13.0 Å². The molecule has 0 bridgehead atoms. The van der Waals surface area contributed by atoms with Gasteiger partial charge in [0.2, 0.25) is 0 Å². The van der Waals surface area contributed by atoms with Crippen molar-refractivity contribution in [2.24, 2.45) is 0 Å². The molecule has 0 radical (unpaired) electrons. The summed E-state index contributed by atoms with van der Waals surface area (Å²) in [5, 5.41) is 3.63. The fraction of sp³-hybridized carbons (Fsp3) is 0.455. The van der Waals surface area contributed by atoms with Crippen LogP contribution in [0.25, 0.3) is 0 Å². The second-order valence-corrected chi connectivity index (χ2v) is 7.78. The van der Waals surface area contributed by atoms with Crippen LogP contribution in [0.3, 0.4) is 0 Å². The SMILES string of the molecule is CC(C)(C)c1cccc(CO[C@H]2CCCN[C@@H]2c2ccccc2)c1. The van der Waals surface area contributed by atoms with Gasteiger partial charge in [-0.05, 0) is 41.5 Å². The Bertz CT molecular complexity index is 645. The van der Waals surface area contributed by atoms with E-state index in [9.17, 15) is 0 Å². The van der Waals surface area contributed by atoms with E-state index in [2.05, 4.69) is 80.7 Å². The molecule has 2 aromatic carbocycles. The first-order chi connectivity index (χ1) is 11.5. The Labute approximate surface area is 146 Å². The van der Waals surface area contributed by atoms with Crippen LogP contribution >= 0.6 is 0 Å². The average molecular weight is 323 g/mol. The van der Waals surface area contributed by atoms with Crippen LogP contribution in [0.2, 0.25) is 0 Å². The van der Waals surface area contributed by atoms with Crippen LogP contribution in [0.5, 0.6) is 0 Å². The lowest BCUT2D eigenvalue weighted by molar-refractivity contribution is -0.00360. The third kappa shape index (κ3) is 4.25. The van der Waals surface area contributed by atoms with Crippen molar-refractivity contribution in [1.82, 2.24) is 5.32 Å². The standard InChI is InChI=1S/C22H29NO/c1-22(2,3)19-12-7-9-17(15-19)16-24-20-13-8-14-23-21(20)18-10-5-4-6-11-18/h4-7,9-12,15,20-21,23H,8,13-14,16H2,1-3H3/t20-,21+/m0/s1. The van der Waals surface area contributed by atoms with E-state index in [-0.39, 0.29) is 11.5 Å². The van der Waals surface area contributed by atoms with Gasteiger partial charge in [-0.15, -0.1) is 0 Å². The van der Waals surface area contributed by atoms with Gasteiger partial charge in [-0.2, -0.15) is 0 Å². The van der Waals surface area contributed by atoms with Crippen molar-refractivity contribution in [2.75, 3.05) is 6.54 Å². The third-order valence-corrected chi connectivity index (χ3v) is 4.82. The van der Waals surface area contributed by atoms with Crippen LogP contribution in [0, 0.1) is 0 Å². The number of hydrogen-bond donors (Lipinski definition) is 1. The van der Waals surface area contributed by atoms with E-state index in [0.29, 0.717) is 12.6 Å². The van der Waals surface area contributed by atoms with Crippen LogP contribution in [-0.2, 0) is 16.8 Å². The topological polar surface area (TPSA) is 21.3 Å². The van der Waals surface area contributed by atoms with E-state index in [1.165, 1.54) is 23.1 Å². The Morgan fingerprint density at radius 3 is 2.58 bits per heavy atom. The molecule has 1 heterocycles. The molecule has 1 aliphatic rings. The summed E-state index contributed by atoms with van der Waals surface area (Å²) >= 11 is 0. The summed E-state index contributed by atoms with van der Waals surface area (Å²) in [4.78, 5) is 0. The van der Waals surface area contributed by atoms with Crippen molar-refractivity contribution in [1.29, 1.82) is 0 Å². The molecule has 3 rings (SSSR count). The smallest absolute Gasteiger partial charge is 0.0774 e. The van der Waals surface area contributed by atoms with Crippen molar-refractivity contribution in [3.05, 3.63) is 71.3 Å². The molecule has 0 amide bonds. The van der Waals surface area contributed by atoms with Gasteiger partial charge >= 0.3 is 0 Å². The number of rotatable bonds is 4. The summed E-state index contributed by atoms with van der Waals surface area (Å²) in [5.74, 6) is 0. The molecular formula is C22H29NO. The lowest BCUT2D eigenvalue weighted by atomic mass is 9.86. The van der Waals surface area contributed by atoms with Crippen molar-refractivity contribution in [2.45, 2.75) is 57.8 Å². The van der Waals surface area contributed by atoms with Gasteiger partial charge in [0.05, 0.1) is 18.8 Å². The van der Waals surface area contributed by atoms with Crippen LogP contribution in [0.4, 0.5) is 0 Å². The minimum Gasteiger partial charge on any atom is -0.372 e. The highest BCUT2D eigenvalue weighted by Crippen LogP contribution is 2.28. The maximum absolute atomic E-state index is 6.34. The van der Waals surface area contributed by atoms with Gasteiger partial charge in [-0.1, -0.05) is 75.4 Å². The molecule has 0 aliphatic carbocycles. The Morgan fingerprint density at radius 1 is 1.04 bits per heavy atom. The summed E-state index contributed by atoms with van der Waals surface area (Å²) in [5.41, 5.74) is 4.13. The Hall–Kier alpha value is -1.64. The fourth-order valence-corrected chi connectivity index (χ4v) is 3.36. The lowest BCUT2D eigenvalue weighted by Crippen LogP contribution is -2.39. The highest BCUT2D eigenvalue weighted by molar-refractivity contribution is 5.28. The summed E-state index contributed by atoms with van der Waals surface area (Å²) < 4.78 is 6.34. The zero-order chi connectivity index (χ0) is 17.0. The number of ether oxygens (including phenoxy) is 1. The number of hydrogen-bond acceptors (Lipinski definition) is 2. The molecule has 1 fully saturated rings. The quantitative estimate of drug-likeness (QED) is 0.855. The first kappa shape index (κ1) is 17.2. The summed E-state index contributed by atoms with van der Waals surface area (Å²) in [6.45, 7) is 8.51. The first-order valence-electron chi connectivity index (χ1n) is 9.03. The fourth-order valence-electron chi connectivity index (χ4n) is 3.36. The van der Waals surface area contributed by atoms with Crippen molar-refractivity contribution < 1.29 is 4.74 Å². The molecular weight excluding hydrogens is 294 g/mol. The summed E-state index contributed by atoms with van der Waals surface area (Å²) in [7, 11) is 0. The lowest BCUT2D eigenvalue weighted by Gasteiger charge is -2.33. The van der Waals surface area contributed by atoms with E-state index >= 15 is 0 Å². The van der Waals surface area contributed by atoms with Crippen LogP contribution < -0.4 is 5.32 Å². The van der Waals surface area contributed by atoms with E-state index in [1.807, 2.05) is 0 Å². The Kier molecular flexibility index (Phi) is 5.37. The second kappa shape index (κ2) is 7.50. The molecule has 2 atom stereocenters. The predicted molar refractivity (Wildman–Crippen MR) is 100 cm³/mol. The van der Waals surface area contributed by atoms with Crippen molar-refractivity contribution >= 4 is 0 Å². The summed E-state index contributed by atoms with van der Waals surface area (Å²) in [6.07, 6.45) is 2.53. The molecule has 2 heteroatoms. The molecule has 1 saturated heterocycles. The van der Waals surface area contributed by atoms with Crippen LogP contribution in [0.15, 0.2) is 54.6 Å². The zero-order valence-corrected chi connectivity index (χ0v) is 15.1. The number of piperidine rings is 1. The largest absolute Gasteiger partial charge is 0.372 e. The van der Waals surface area contributed by atoms with E-state index in [4.69, 9.17) is 4.74 Å². The van der Waals surface area contributed by atoms with Gasteiger partial charge in [0.25, 0.3) is 0 Å². The first-order valence-corrected chi connectivity index (χ1v) is 9.03. The number of nitrogens with one attached hydrogen (secondary N) is 1. The van der Waals surface area contributed by atoms with Crippen LogP contribution in [0.1, 0.15) is 56.3 Å². The molecule has 1 N–H and O–H groups in total. The average Bonchev–Trinajstić information content (AvgIpc) is 2.60. The van der Waals surface area contributed by atoms with Crippen molar-refractivity contribution in [3.63, 3.8) is 0 Å². The monoisotopic (exact) mass is 323 g/mol. The van der Waals surface area contributed by atoms with Gasteiger partial charge in [-0.25, -0.2) is 0 Å². The van der Waals surface area contributed by atoms with Gasteiger partial charge in [0.1, 0.15) is 0 Å². The van der Waals surface area contributed by atoms with Gasteiger partial charge in [0.15, 0.2) is 0 Å². The van der Waals surface area contributed by atoms with E-state index < -0.39 is 0 Å². The van der Waals surface area contributed by atoms with Crippen LogP contribution in [-0.4, -0.2) is 12.6 Å². The minimum absolute atomic E-state index is 0.176. The molecule has 0 unspecified atom stereocenters. The van der Waals surface area contributed by atoms with Gasteiger partial charge in [0, 0.05) is 0 Å². The highest BCUT2D eigenvalue weighted by atomic mass is 16.5. The normalized spacial score (nSPS) is 21.6. The molecule has 0 aromatic heterocycles. The van der Waals surface area contributed by atoms with E-state index in [1.54, 1.807) is 0 Å². The maximum Gasteiger partial charge on any atom is 0.0774 e. The van der Waals surface area contributed by atoms with Gasteiger partial charge < -0.3 is 10.1 Å². The molecule has 0 saturated carbocycles. The number of benzene rings is 2. The Balaban J connectivity index is 1.68. The van der Waals surface area contributed by atoms with Gasteiger partial charge in [-0.3, -0.25) is 0 Å². The molecule has 1 aliphatic heterocycles. The Morgan fingerprint density at radius 2 is 1.83 bits per heavy atom. The predicted octanol–water partition coefficient (Wildman–Crippen LogP) is 4.99. The zero-order valence-electron chi connectivity index (χ0n) is 15.1. The third-order valence-electron chi connectivity index (χ3n) is 4.82. The molecule has 2 aromatic rings. The minimum atomic E-state index is 0.176. The summed E-state index contributed by atoms with van der Waals surface area (Å²) in [6, 6.07) is 19.8. The highest BCUT2D eigenvalue weighted by Gasteiger charge is 2.26. The maximum atomic E-state index is 6.34. The second-order valence-electron chi connectivity index (χ2n) is 7.78. The molecule has 128 valence electrons. The van der Waals surface area contributed by atoms with Crippen molar-refractivity contribution in [3.8, 4) is 0 Å². The molecule has 0 spiro atoms. The molecule has 2 nitrogen and oxygen atoms in total.